The molecule has 0 spiro atoms. The van der Waals surface area contributed by atoms with Crippen LogP contribution in [0.3, 0.4) is 0 Å². The average molecular weight is 359 g/mol. The fraction of sp³-hybridized carbons (Fsp3) is 0.278. The molecule has 1 aromatic carbocycles. The summed E-state index contributed by atoms with van der Waals surface area (Å²) >= 11 is 0. The number of urea groups is 1. The maximum Gasteiger partial charge on any atom is 0.337 e. The first-order valence-electron chi connectivity index (χ1n) is 7.83. The maximum absolute atomic E-state index is 11.9. The van der Waals surface area contributed by atoms with E-state index in [1.807, 2.05) is 6.07 Å². The van der Waals surface area contributed by atoms with Gasteiger partial charge in [-0.1, -0.05) is 6.07 Å². The number of nitrogens with zero attached hydrogens (tertiary/aromatic N) is 1. The van der Waals surface area contributed by atoms with Crippen LogP contribution in [0.25, 0.3) is 0 Å². The lowest BCUT2D eigenvalue weighted by molar-refractivity contribution is 0.0600. The lowest BCUT2D eigenvalue weighted by Gasteiger charge is -2.11. The van der Waals surface area contributed by atoms with Gasteiger partial charge in [-0.2, -0.15) is 0 Å². The molecule has 2 amide bonds. The third-order valence-corrected chi connectivity index (χ3v) is 3.57. The molecule has 2 aromatic rings. The molecule has 0 aliphatic rings. The van der Waals surface area contributed by atoms with Gasteiger partial charge in [0.15, 0.2) is 11.5 Å². The molecule has 0 aliphatic carbocycles. The number of benzene rings is 1. The molecule has 0 saturated carbocycles. The number of carbonyl (C=O) groups is 2. The summed E-state index contributed by atoms with van der Waals surface area (Å²) in [5, 5.41) is 5.42. The highest BCUT2D eigenvalue weighted by Crippen LogP contribution is 2.27. The first kappa shape index (κ1) is 19.0. The smallest absolute Gasteiger partial charge is 0.337 e. The monoisotopic (exact) mass is 359 g/mol. The third-order valence-electron chi connectivity index (χ3n) is 3.57. The average Bonchev–Trinajstić information content (AvgIpc) is 2.69. The van der Waals surface area contributed by atoms with Crippen molar-refractivity contribution in [3.8, 4) is 11.5 Å². The Hall–Kier alpha value is -3.29. The van der Waals surface area contributed by atoms with E-state index < -0.39 is 5.97 Å². The van der Waals surface area contributed by atoms with Crippen LogP contribution in [-0.2, 0) is 17.8 Å². The third kappa shape index (κ3) is 5.10. The Morgan fingerprint density at radius 2 is 1.69 bits per heavy atom. The first-order chi connectivity index (χ1) is 12.6. The first-order valence-corrected chi connectivity index (χ1v) is 7.83. The highest BCUT2D eigenvalue weighted by Gasteiger charge is 2.08. The number of ether oxygens (including phenoxy) is 3. The summed E-state index contributed by atoms with van der Waals surface area (Å²) in [7, 11) is 4.42. The molecule has 0 bridgehead atoms. The van der Waals surface area contributed by atoms with Gasteiger partial charge < -0.3 is 24.8 Å². The van der Waals surface area contributed by atoms with Crippen molar-refractivity contribution < 1.29 is 23.8 Å². The largest absolute Gasteiger partial charge is 0.493 e. The maximum atomic E-state index is 11.9. The van der Waals surface area contributed by atoms with E-state index in [1.165, 1.54) is 13.3 Å². The molecule has 0 radical (unpaired) electrons. The number of carbonyl (C=O) groups excluding carboxylic acids is 2. The van der Waals surface area contributed by atoms with Crippen LogP contribution in [-0.4, -0.2) is 38.3 Å². The predicted octanol–water partition coefficient (Wildman–Crippen LogP) is 1.88. The van der Waals surface area contributed by atoms with Gasteiger partial charge in [0.2, 0.25) is 0 Å². The Balaban J connectivity index is 1.87. The van der Waals surface area contributed by atoms with Gasteiger partial charge in [-0.25, -0.2) is 9.59 Å². The fourth-order valence-electron chi connectivity index (χ4n) is 2.23. The van der Waals surface area contributed by atoms with Gasteiger partial charge in [0.25, 0.3) is 0 Å². The van der Waals surface area contributed by atoms with Crippen LogP contribution in [0.2, 0.25) is 0 Å². The fourth-order valence-corrected chi connectivity index (χ4v) is 2.23. The van der Waals surface area contributed by atoms with Crippen LogP contribution < -0.4 is 20.1 Å². The molecule has 1 aromatic heterocycles. The number of hydrogen-bond acceptors (Lipinski definition) is 6. The summed E-state index contributed by atoms with van der Waals surface area (Å²) in [5.74, 6) is 0.764. The van der Waals surface area contributed by atoms with E-state index in [2.05, 4.69) is 20.4 Å². The molecular formula is C18H21N3O5. The highest BCUT2D eigenvalue weighted by atomic mass is 16.5. The van der Waals surface area contributed by atoms with Crippen molar-refractivity contribution in [1.29, 1.82) is 0 Å². The van der Waals surface area contributed by atoms with Crippen LogP contribution >= 0.6 is 0 Å². The summed E-state index contributed by atoms with van der Waals surface area (Å²) in [5.41, 5.74) is 1.79. The highest BCUT2D eigenvalue weighted by molar-refractivity contribution is 5.89. The van der Waals surface area contributed by atoms with E-state index in [0.29, 0.717) is 29.3 Å². The van der Waals surface area contributed by atoms with Gasteiger partial charge in [-0.15, -0.1) is 0 Å². The van der Waals surface area contributed by atoms with E-state index in [4.69, 9.17) is 9.47 Å². The molecule has 0 saturated heterocycles. The summed E-state index contributed by atoms with van der Waals surface area (Å²) in [6, 6.07) is 8.16. The number of amides is 2. The SMILES string of the molecule is COC(=O)c1ccnc(CNC(=O)NCc2ccc(OC)c(OC)c2)c1. The predicted molar refractivity (Wildman–Crippen MR) is 94.2 cm³/mol. The van der Waals surface area contributed by atoms with Gasteiger partial charge in [-0.3, -0.25) is 4.98 Å². The van der Waals surface area contributed by atoms with Crippen LogP contribution in [0.5, 0.6) is 11.5 Å². The van der Waals surface area contributed by atoms with Crippen molar-refractivity contribution in [3.05, 3.63) is 53.3 Å². The second kappa shape index (κ2) is 9.26. The van der Waals surface area contributed by atoms with Crippen LogP contribution in [0.1, 0.15) is 21.6 Å². The molecule has 1 heterocycles. The lowest BCUT2D eigenvalue weighted by Crippen LogP contribution is -2.34. The van der Waals surface area contributed by atoms with E-state index >= 15 is 0 Å². The zero-order valence-corrected chi connectivity index (χ0v) is 14.9. The van der Waals surface area contributed by atoms with Crippen molar-refractivity contribution in [2.45, 2.75) is 13.1 Å². The summed E-state index contributed by atoms with van der Waals surface area (Å²) < 4.78 is 15.1. The van der Waals surface area contributed by atoms with Gasteiger partial charge in [-0.05, 0) is 29.8 Å². The number of esters is 1. The van der Waals surface area contributed by atoms with Crippen LogP contribution in [0, 0.1) is 0 Å². The number of aromatic nitrogens is 1. The summed E-state index contributed by atoms with van der Waals surface area (Å²) in [4.78, 5) is 27.5. The Labute approximate surface area is 151 Å². The Kier molecular flexibility index (Phi) is 6.78. The summed E-state index contributed by atoms with van der Waals surface area (Å²) in [6.45, 7) is 0.504. The number of pyridine rings is 1. The molecule has 2 N–H and O–H groups in total. The Morgan fingerprint density at radius 1 is 0.962 bits per heavy atom. The number of nitrogens with one attached hydrogen (secondary N) is 2. The molecule has 26 heavy (non-hydrogen) atoms. The Morgan fingerprint density at radius 3 is 2.38 bits per heavy atom. The van der Waals surface area contributed by atoms with Crippen molar-refractivity contribution in [2.24, 2.45) is 0 Å². The molecule has 0 atom stereocenters. The molecule has 0 fully saturated rings. The normalized spacial score (nSPS) is 9.96. The van der Waals surface area contributed by atoms with Crippen molar-refractivity contribution in [1.82, 2.24) is 15.6 Å². The molecule has 2 rings (SSSR count). The zero-order chi connectivity index (χ0) is 18.9. The second-order valence-corrected chi connectivity index (χ2v) is 5.25. The molecule has 138 valence electrons. The van der Waals surface area contributed by atoms with Gasteiger partial charge in [0.1, 0.15) is 0 Å². The zero-order valence-electron chi connectivity index (χ0n) is 14.9. The molecule has 0 unspecified atom stereocenters. The van der Waals surface area contributed by atoms with E-state index in [-0.39, 0.29) is 12.6 Å². The molecule has 8 nitrogen and oxygen atoms in total. The van der Waals surface area contributed by atoms with Crippen molar-refractivity contribution >= 4 is 12.0 Å². The molecule has 0 aliphatic heterocycles. The number of rotatable bonds is 7. The molecular weight excluding hydrogens is 338 g/mol. The minimum atomic E-state index is -0.452. The minimum absolute atomic E-state index is 0.183. The Bertz CT molecular complexity index is 779. The van der Waals surface area contributed by atoms with Crippen molar-refractivity contribution in [3.63, 3.8) is 0 Å². The number of hydrogen-bond donors (Lipinski definition) is 2. The molecule has 8 heteroatoms. The van der Waals surface area contributed by atoms with Gasteiger partial charge in [0, 0.05) is 12.7 Å². The van der Waals surface area contributed by atoms with Gasteiger partial charge in [0.05, 0.1) is 39.1 Å². The minimum Gasteiger partial charge on any atom is -0.493 e. The van der Waals surface area contributed by atoms with Crippen LogP contribution in [0.4, 0.5) is 4.79 Å². The standard InChI is InChI=1S/C18H21N3O5/c1-24-15-5-4-12(8-16(15)25-2)10-20-18(23)21-11-14-9-13(6-7-19-14)17(22)26-3/h4-9H,10-11H2,1-3H3,(H2,20,21,23). The van der Waals surface area contributed by atoms with E-state index in [1.54, 1.807) is 38.5 Å². The quantitative estimate of drug-likeness (QED) is 0.733. The van der Waals surface area contributed by atoms with Crippen molar-refractivity contribution in [2.75, 3.05) is 21.3 Å². The van der Waals surface area contributed by atoms with E-state index in [9.17, 15) is 9.59 Å². The van der Waals surface area contributed by atoms with E-state index in [0.717, 1.165) is 5.56 Å². The lowest BCUT2D eigenvalue weighted by atomic mass is 10.2. The van der Waals surface area contributed by atoms with Gasteiger partial charge >= 0.3 is 12.0 Å². The van der Waals surface area contributed by atoms with Crippen LogP contribution in [0.15, 0.2) is 36.5 Å². The topological polar surface area (TPSA) is 98.8 Å². The second-order valence-electron chi connectivity index (χ2n) is 5.25. The number of methoxy groups -OCH3 is 3. The summed E-state index contributed by atoms with van der Waals surface area (Å²) in [6.07, 6.45) is 1.49.